The van der Waals surface area contributed by atoms with Gasteiger partial charge in [0.1, 0.15) is 5.84 Å². The van der Waals surface area contributed by atoms with Crippen LogP contribution in [-0.2, 0) is 0 Å². The van der Waals surface area contributed by atoms with Crippen LogP contribution in [0.1, 0.15) is 39.0 Å². The third kappa shape index (κ3) is 4.08. The first-order chi connectivity index (χ1) is 7.27. The molecule has 3 N–H and O–H groups in total. The average molecular weight is 213 g/mol. The van der Waals surface area contributed by atoms with Crippen molar-refractivity contribution < 1.29 is 5.21 Å². The van der Waals surface area contributed by atoms with E-state index >= 15 is 0 Å². The van der Waals surface area contributed by atoms with E-state index in [-0.39, 0.29) is 5.92 Å². The molecule has 1 fully saturated rings. The molecule has 1 atom stereocenters. The minimum atomic E-state index is 0.255. The lowest BCUT2D eigenvalue weighted by Gasteiger charge is -2.31. The topological polar surface area (TPSA) is 61.8 Å². The van der Waals surface area contributed by atoms with E-state index in [9.17, 15) is 0 Å². The number of amidine groups is 1. The molecule has 1 aliphatic heterocycles. The lowest BCUT2D eigenvalue weighted by atomic mass is 9.97. The van der Waals surface area contributed by atoms with Gasteiger partial charge in [-0.25, -0.2) is 0 Å². The number of hydrogen-bond donors (Lipinski definition) is 2. The van der Waals surface area contributed by atoms with Crippen molar-refractivity contribution in [1.29, 1.82) is 0 Å². The molecule has 1 rings (SSSR count). The highest BCUT2D eigenvalue weighted by Gasteiger charge is 2.22. The van der Waals surface area contributed by atoms with Gasteiger partial charge in [-0.15, -0.1) is 0 Å². The Morgan fingerprint density at radius 3 is 3.00 bits per heavy atom. The van der Waals surface area contributed by atoms with Crippen LogP contribution in [0.15, 0.2) is 5.16 Å². The van der Waals surface area contributed by atoms with Gasteiger partial charge >= 0.3 is 0 Å². The zero-order valence-corrected chi connectivity index (χ0v) is 9.65. The summed E-state index contributed by atoms with van der Waals surface area (Å²) >= 11 is 0. The highest BCUT2D eigenvalue weighted by Crippen LogP contribution is 2.17. The zero-order chi connectivity index (χ0) is 11.1. The van der Waals surface area contributed by atoms with Crippen molar-refractivity contribution in [2.45, 2.75) is 39.0 Å². The molecule has 0 bridgehead atoms. The van der Waals surface area contributed by atoms with Crippen LogP contribution < -0.4 is 5.73 Å². The van der Waals surface area contributed by atoms with E-state index in [4.69, 9.17) is 10.9 Å². The maximum atomic E-state index is 8.63. The SMILES string of the molecule is CCCCCN1CCCC(C(N)=NO)C1. The van der Waals surface area contributed by atoms with E-state index in [1.54, 1.807) is 0 Å². The predicted molar refractivity (Wildman–Crippen MR) is 62.1 cm³/mol. The first kappa shape index (κ1) is 12.3. The lowest BCUT2D eigenvalue weighted by molar-refractivity contribution is 0.197. The van der Waals surface area contributed by atoms with Gasteiger partial charge in [-0.2, -0.15) is 0 Å². The summed E-state index contributed by atoms with van der Waals surface area (Å²) in [6.45, 7) is 5.50. The number of likely N-dealkylation sites (tertiary alicyclic amines) is 1. The van der Waals surface area contributed by atoms with Crippen LogP contribution in [0.2, 0.25) is 0 Å². The number of piperidine rings is 1. The molecular formula is C11H23N3O. The molecule has 0 saturated carbocycles. The van der Waals surface area contributed by atoms with Gasteiger partial charge in [-0.3, -0.25) is 0 Å². The number of unbranched alkanes of at least 4 members (excludes halogenated alkanes) is 2. The van der Waals surface area contributed by atoms with Crippen molar-refractivity contribution in [3.8, 4) is 0 Å². The second-order valence-electron chi connectivity index (χ2n) is 4.37. The van der Waals surface area contributed by atoms with Crippen LogP contribution >= 0.6 is 0 Å². The van der Waals surface area contributed by atoms with E-state index in [2.05, 4.69) is 17.0 Å². The van der Waals surface area contributed by atoms with Crippen molar-refractivity contribution >= 4 is 5.84 Å². The van der Waals surface area contributed by atoms with Gasteiger partial charge in [-0.1, -0.05) is 24.9 Å². The Balaban J connectivity index is 2.29. The summed E-state index contributed by atoms with van der Waals surface area (Å²) in [4.78, 5) is 2.43. The Hall–Kier alpha value is -0.770. The molecule has 88 valence electrons. The van der Waals surface area contributed by atoms with Gasteiger partial charge in [0.2, 0.25) is 0 Å². The molecule has 0 amide bonds. The maximum Gasteiger partial charge on any atom is 0.143 e. The first-order valence-electron chi connectivity index (χ1n) is 5.97. The molecule has 0 radical (unpaired) electrons. The van der Waals surface area contributed by atoms with Crippen molar-refractivity contribution in [3.63, 3.8) is 0 Å². The molecule has 0 spiro atoms. The van der Waals surface area contributed by atoms with Gasteiger partial charge in [0, 0.05) is 12.5 Å². The lowest BCUT2D eigenvalue weighted by Crippen LogP contribution is -2.41. The Bertz CT molecular complexity index is 206. The Kier molecular flexibility index (Phi) is 5.47. The van der Waals surface area contributed by atoms with Gasteiger partial charge < -0.3 is 15.8 Å². The van der Waals surface area contributed by atoms with Crippen LogP contribution in [0.3, 0.4) is 0 Å². The molecule has 0 aromatic heterocycles. The summed E-state index contributed by atoms with van der Waals surface area (Å²) in [6, 6.07) is 0. The van der Waals surface area contributed by atoms with Crippen molar-refractivity contribution in [1.82, 2.24) is 4.90 Å². The van der Waals surface area contributed by atoms with E-state index in [1.807, 2.05) is 0 Å². The van der Waals surface area contributed by atoms with Crippen LogP contribution in [0, 0.1) is 5.92 Å². The zero-order valence-electron chi connectivity index (χ0n) is 9.65. The van der Waals surface area contributed by atoms with Crippen LogP contribution in [0.5, 0.6) is 0 Å². The third-order valence-electron chi connectivity index (χ3n) is 3.12. The number of nitrogens with zero attached hydrogens (tertiary/aromatic N) is 2. The average Bonchev–Trinajstić information content (AvgIpc) is 2.29. The standard InChI is InChI=1S/C11H23N3O/c1-2-3-4-7-14-8-5-6-10(9-14)11(12)13-15/h10,15H,2-9H2,1H3,(H2,12,13). The van der Waals surface area contributed by atoms with Crippen LogP contribution in [-0.4, -0.2) is 35.6 Å². The van der Waals surface area contributed by atoms with Gasteiger partial charge in [-0.05, 0) is 32.4 Å². The molecule has 15 heavy (non-hydrogen) atoms. The highest BCUT2D eigenvalue weighted by atomic mass is 16.4. The predicted octanol–water partition coefficient (Wildman–Crippen LogP) is 1.63. The van der Waals surface area contributed by atoms with Crippen LogP contribution in [0.25, 0.3) is 0 Å². The number of oxime groups is 1. The summed E-state index contributed by atoms with van der Waals surface area (Å²) in [5.41, 5.74) is 5.64. The third-order valence-corrected chi connectivity index (χ3v) is 3.12. The van der Waals surface area contributed by atoms with E-state index in [0.29, 0.717) is 5.84 Å². The van der Waals surface area contributed by atoms with Crippen molar-refractivity contribution in [2.24, 2.45) is 16.8 Å². The number of hydrogen-bond acceptors (Lipinski definition) is 3. The second kappa shape index (κ2) is 6.67. The Morgan fingerprint density at radius 1 is 1.53 bits per heavy atom. The van der Waals surface area contributed by atoms with Crippen LogP contribution in [0.4, 0.5) is 0 Å². The molecule has 1 heterocycles. The maximum absolute atomic E-state index is 8.63. The number of nitrogens with two attached hydrogens (primary N) is 1. The summed E-state index contributed by atoms with van der Waals surface area (Å²) < 4.78 is 0. The fourth-order valence-electron chi connectivity index (χ4n) is 2.17. The molecule has 1 saturated heterocycles. The largest absolute Gasteiger partial charge is 0.409 e. The quantitative estimate of drug-likeness (QED) is 0.240. The fraction of sp³-hybridized carbons (Fsp3) is 0.909. The minimum Gasteiger partial charge on any atom is -0.409 e. The van der Waals surface area contributed by atoms with Gasteiger partial charge in [0.15, 0.2) is 0 Å². The summed E-state index contributed by atoms with van der Waals surface area (Å²) in [7, 11) is 0. The van der Waals surface area contributed by atoms with Crippen molar-refractivity contribution in [2.75, 3.05) is 19.6 Å². The van der Waals surface area contributed by atoms with E-state index in [0.717, 1.165) is 25.9 Å². The fourth-order valence-corrected chi connectivity index (χ4v) is 2.17. The van der Waals surface area contributed by atoms with Gasteiger partial charge in [0.05, 0.1) is 0 Å². The second-order valence-corrected chi connectivity index (χ2v) is 4.37. The Labute approximate surface area is 92.1 Å². The van der Waals surface area contributed by atoms with Crippen molar-refractivity contribution in [3.05, 3.63) is 0 Å². The molecule has 1 aliphatic rings. The molecule has 0 aromatic carbocycles. The monoisotopic (exact) mass is 213 g/mol. The molecular weight excluding hydrogens is 190 g/mol. The molecule has 0 aromatic rings. The molecule has 4 heteroatoms. The minimum absolute atomic E-state index is 0.255. The van der Waals surface area contributed by atoms with E-state index < -0.39 is 0 Å². The van der Waals surface area contributed by atoms with E-state index in [1.165, 1.54) is 25.8 Å². The summed E-state index contributed by atoms with van der Waals surface area (Å²) in [5.74, 6) is 0.653. The molecule has 1 unspecified atom stereocenters. The Morgan fingerprint density at radius 2 is 2.33 bits per heavy atom. The van der Waals surface area contributed by atoms with Gasteiger partial charge in [0.25, 0.3) is 0 Å². The summed E-state index contributed by atoms with van der Waals surface area (Å²) in [5, 5.41) is 11.7. The normalized spacial score (nSPS) is 24.3. The smallest absolute Gasteiger partial charge is 0.143 e. The molecule has 0 aliphatic carbocycles. The highest BCUT2D eigenvalue weighted by molar-refractivity contribution is 5.82. The number of rotatable bonds is 5. The summed E-state index contributed by atoms with van der Waals surface area (Å²) in [6.07, 6.45) is 6.04. The first-order valence-corrected chi connectivity index (χ1v) is 5.97. The molecule has 4 nitrogen and oxygen atoms in total.